The number of thiophene rings is 1. The Morgan fingerprint density at radius 1 is 1.33 bits per heavy atom. The Bertz CT molecular complexity index is 408. The topological polar surface area (TPSA) is 24.5 Å². The minimum absolute atomic E-state index is 0.371. The first kappa shape index (κ1) is 15.5. The summed E-state index contributed by atoms with van der Waals surface area (Å²) in [6, 6.07) is 5.04. The molecular weight excluding hydrogens is 280 g/mol. The van der Waals surface area contributed by atoms with Gasteiger partial charge in [0.15, 0.2) is 0 Å². The lowest BCUT2D eigenvalue weighted by atomic mass is 9.83. The highest BCUT2D eigenvalue weighted by Gasteiger charge is 2.45. The van der Waals surface area contributed by atoms with Crippen LogP contribution in [-0.4, -0.2) is 49.8 Å². The molecule has 2 aliphatic rings. The number of hydrogen-bond donors (Lipinski definition) is 1. The standard InChI is InChI=1S/C17H28N2OS/c1-18-16(7-6-15-5-4-14-21-15)17(8-2-3-9-17)19-10-12-20-13-11-19/h4-5,14,16,18H,2-3,6-13H2,1H3. The molecule has 1 aromatic heterocycles. The number of rotatable bonds is 6. The number of aryl methyl sites for hydroxylation is 1. The van der Waals surface area contributed by atoms with Crippen LogP contribution in [0.4, 0.5) is 0 Å². The minimum atomic E-state index is 0.371. The molecule has 1 unspecified atom stereocenters. The molecular formula is C17H28N2OS. The first-order chi connectivity index (χ1) is 10.3. The van der Waals surface area contributed by atoms with Crippen LogP contribution in [0.15, 0.2) is 17.5 Å². The van der Waals surface area contributed by atoms with Crippen LogP contribution in [0, 0.1) is 0 Å². The molecule has 1 atom stereocenters. The van der Waals surface area contributed by atoms with E-state index in [4.69, 9.17) is 4.74 Å². The smallest absolute Gasteiger partial charge is 0.0594 e. The predicted octanol–water partition coefficient (Wildman–Crippen LogP) is 2.91. The third kappa shape index (κ3) is 3.34. The van der Waals surface area contributed by atoms with Gasteiger partial charge >= 0.3 is 0 Å². The van der Waals surface area contributed by atoms with Gasteiger partial charge in [0.2, 0.25) is 0 Å². The normalized spacial score (nSPS) is 24.2. The highest BCUT2D eigenvalue weighted by atomic mass is 32.1. The molecule has 0 aromatic carbocycles. The van der Waals surface area contributed by atoms with Gasteiger partial charge in [0, 0.05) is 29.5 Å². The minimum Gasteiger partial charge on any atom is -0.379 e. The third-order valence-corrected chi connectivity index (χ3v) is 6.30. The van der Waals surface area contributed by atoms with Gasteiger partial charge in [-0.2, -0.15) is 0 Å². The van der Waals surface area contributed by atoms with Crippen LogP contribution in [0.5, 0.6) is 0 Å². The zero-order valence-corrected chi connectivity index (χ0v) is 14.0. The number of ether oxygens (including phenoxy) is 1. The summed E-state index contributed by atoms with van der Waals surface area (Å²) >= 11 is 1.89. The Morgan fingerprint density at radius 2 is 2.10 bits per heavy atom. The zero-order valence-electron chi connectivity index (χ0n) is 13.1. The number of likely N-dealkylation sites (N-methyl/N-ethyl adjacent to an activating group) is 1. The Balaban J connectivity index is 1.70. The molecule has 4 heteroatoms. The summed E-state index contributed by atoms with van der Waals surface area (Å²) in [6.07, 6.45) is 7.92. The van der Waals surface area contributed by atoms with E-state index in [2.05, 4.69) is 34.8 Å². The number of nitrogens with one attached hydrogen (secondary N) is 1. The second-order valence-electron chi connectivity index (χ2n) is 6.37. The SMILES string of the molecule is CNC(CCc1cccs1)C1(N2CCOCC2)CCCC1. The van der Waals surface area contributed by atoms with E-state index in [9.17, 15) is 0 Å². The molecule has 1 N–H and O–H groups in total. The van der Waals surface area contributed by atoms with Gasteiger partial charge < -0.3 is 10.1 Å². The van der Waals surface area contributed by atoms with Crippen molar-refractivity contribution in [2.45, 2.75) is 50.1 Å². The zero-order chi connectivity index (χ0) is 14.5. The largest absolute Gasteiger partial charge is 0.379 e. The molecule has 1 aliphatic carbocycles. The lowest BCUT2D eigenvalue weighted by Gasteiger charge is -2.48. The molecule has 3 nitrogen and oxygen atoms in total. The van der Waals surface area contributed by atoms with Crippen LogP contribution in [0.3, 0.4) is 0 Å². The average molecular weight is 308 g/mol. The average Bonchev–Trinajstić information content (AvgIpc) is 3.21. The Hall–Kier alpha value is -0.420. The van der Waals surface area contributed by atoms with Gasteiger partial charge in [-0.1, -0.05) is 18.9 Å². The Morgan fingerprint density at radius 3 is 2.71 bits per heavy atom. The van der Waals surface area contributed by atoms with Gasteiger partial charge in [-0.25, -0.2) is 0 Å². The fourth-order valence-electron chi connectivity index (χ4n) is 4.30. The van der Waals surface area contributed by atoms with E-state index in [1.165, 1.54) is 43.4 Å². The molecule has 0 amide bonds. The van der Waals surface area contributed by atoms with Crippen LogP contribution >= 0.6 is 11.3 Å². The van der Waals surface area contributed by atoms with Crippen molar-refractivity contribution in [3.63, 3.8) is 0 Å². The molecule has 0 radical (unpaired) electrons. The highest BCUT2D eigenvalue weighted by Crippen LogP contribution is 2.40. The van der Waals surface area contributed by atoms with Gasteiger partial charge in [0.1, 0.15) is 0 Å². The summed E-state index contributed by atoms with van der Waals surface area (Å²) in [5.74, 6) is 0. The van der Waals surface area contributed by atoms with Gasteiger partial charge in [-0.15, -0.1) is 11.3 Å². The van der Waals surface area contributed by atoms with Gasteiger partial charge in [0.25, 0.3) is 0 Å². The molecule has 0 bridgehead atoms. The van der Waals surface area contributed by atoms with Crippen molar-refractivity contribution < 1.29 is 4.74 Å². The first-order valence-corrected chi connectivity index (χ1v) is 9.25. The predicted molar refractivity (Wildman–Crippen MR) is 89.1 cm³/mol. The summed E-state index contributed by atoms with van der Waals surface area (Å²) in [4.78, 5) is 4.25. The van der Waals surface area contributed by atoms with E-state index in [1.807, 2.05) is 11.3 Å². The van der Waals surface area contributed by atoms with Gasteiger partial charge in [0.05, 0.1) is 13.2 Å². The summed E-state index contributed by atoms with van der Waals surface area (Å²) in [7, 11) is 2.15. The van der Waals surface area contributed by atoms with E-state index < -0.39 is 0 Å². The maximum atomic E-state index is 5.58. The van der Waals surface area contributed by atoms with E-state index in [-0.39, 0.29) is 0 Å². The molecule has 1 aliphatic heterocycles. The summed E-state index contributed by atoms with van der Waals surface area (Å²) < 4.78 is 5.58. The van der Waals surface area contributed by atoms with E-state index in [0.717, 1.165) is 26.3 Å². The third-order valence-electron chi connectivity index (χ3n) is 5.37. The lowest BCUT2D eigenvalue weighted by Crippen LogP contribution is -2.62. The first-order valence-electron chi connectivity index (χ1n) is 8.37. The maximum Gasteiger partial charge on any atom is 0.0594 e. The lowest BCUT2D eigenvalue weighted by molar-refractivity contribution is -0.0358. The van der Waals surface area contributed by atoms with Crippen LogP contribution in [0.1, 0.15) is 37.0 Å². The van der Waals surface area contributed by atoms with Crippen LogP contribution in [0.2, 0.25) is 0 Å². The molecule has 2 heterocycles. The highest BCUT2D eigenvalue weighted by molar-refractivity contribution is 7.09. The van der Waals surface area contributed by atoms with Crippen LogP contribution in [-0.2, 0) is 11.2 Å². The molecule has 0 spiro atoms. The molecule has 21 heavy (non-hydrogen) atoms. The van der Waals surface area contributed by atoms with Crippen molar-refractivity contribution in [1.82, 2.24) is 10.2 Å². The molecule has 2 fully saturated rings. The number of morpholine rings is 1. The number of nitrogens with zero attached hydrogens (tertiary/aromatic N) is 1. The van der Waals surface area contributed by atoms with Crippen LogP contribution < -0.4 is 5.32 Å². The second kappa shape index (κ2) is 7.23. The van der Waals surface area contributed by atoms with Gasteiger partial charge in [-0.05, 0) is 44.2 Å². The molecule has 1 saturated carbocycles. The van der Waals surface area contributed by atoms with E-state index in [0.29, 0.717) is 11.6 Å². The van der Waals surface area contributed by atoms with Crippen LogP contribution in [0.25, 0.3) is 0 Å². The fourth-order valence-corrected chi connectivity index (χ4v) is 5.03. The quantitative estimate of drug-likeness (QED) is 0.874. The van der Waals surface area contributed by atoms with Gasteiger partial charge in [-0.3, -0.25) is 4.90 Å². The fraction of sp³-hybridized carbons (Fsp3) is 0.765. The Kier molecular flexibility index (Phi) is 5.33. The Labute approximate surface area is 132 Å². The summed E-state index contributed by atoms with van der Waals surface area (Å²) in [5.41, 5.74) is 0.371. The molecule has 1 aromatic rings. The second-order valence-corrected chi connectivity index (χ2v) is 7.40. The molecule has 118 valence electrons. The van der Waals surface area contributed by atoms with Crippen molar-refractivity contribution in [2.75, 3.05) is 33.4 Å². The van der Waals surface area contributed by atoms with Crippen molar-refractivity contribution in [3.05, 3.63) is 22.4 Å². The van der Waals surface area contributed by atoms with E-state index >= 15 is 0 Å². The van der Waals surface area contributed by atoms with Crippen molar-refractivity contribution >= 4 is 11.3 Å². The van der Waals surface area contributed by atoms with Crippen molar-refractivity contribution in [2.24, 2.45) is 0 Å². The van der Waals surface area contributed by atoms with E-state index in [1.54, 1.807) is 0 Å². The maximum absolute atomic E-state index is 5.58. The summed E-state index contributed by atoms with van der Waals surface area (Å²) in [5, 5.41) is 5.86. The molecule has 1 saturated heterocycles. The van der Waals surface area contributed by atoms with Crippen molar-refractivity contribution in [1.29, 1.82) is 0 Å². The number of hydrogen-bond acceptors (Lipinski definition) is 4. The molecule has 3 rings (SSSR count). The van der Waals surface area contributed by atoms with Crippen molar-refractivity contribution in [3.8, 4) is 0 Å². The monoisotopic (exact) mass is 308 g/mol. The summed E-state index contributed by atoms with van der Waals surface area (Å²) in [6.45, 7) is 4.03.